The SMILES string of the molecule is Oc1ccccc1C(SC(c1ccccc1O)c1ccccc1O)c1ccccc1O. The quantitative estimate of drug-likeness (QED) is 0.296. The van der Waals surface area contributed by atoms with Gasteiger partial charge in [-0.3, -0.25) is 0 Å². The van der Waals surface area contributed by atoms with Gasteiger partial charge in [-0.2, -0.15) is 0 Å². The number of rotatable bonds is 6. The van der Waals surface area contributed by atoms with Gasteiger partial charge in [0.15, 0.2) is 0 Å². The summed E-state index contributed by atoms with van der Waals surface area (Å²) >= 11 is 1.42. The number of benzene rings is 4. The molecule has 0 spiro atoms. The predicted octanol–water partition coefficient (Wildman–Crippen LogP) is 6.12. The summed E-state index contributed by atoms with van der Waals surface area (Å²) in [6.45, 7) is 0. The molecule has 0 fully saturated rings. The highest BCUT2D eigenvalue weighted by molar-refractivity contribution is 8.00. The Labute approximate surface area is 185 Å². The Morgan fingerprint density at radius 1 is 0.387 bits per heavy atom. The van der Waals surface area contributed by atoms with Crippen molar-refractivity contribution in [3.63, 3.8) is 0 Å². The van der Waals surface area contributed by atoms with Gasteiger partial charge in [0.2, 0.25) is 0 Å². The number of phenols is 4. The fourth-order valence-corrected chi connectivity index (χ4v) is 5.26. The summed E-state index contributed by atoms with van der Waals surface area (Å²) in [4.78, 5) is 0. The third-order valence-electron chi connectivity index (χ3n) is 5.15. The molecule has 156 valence electrons. The Bertz CT molecular complexity index is 1010. The lowest BCUT2D eigenvalue weighted by molar-refractivity contribution is 0.461. The molecule has 4 N–H and O–H groups in total. The molecule has 4 aromatic carbocycles. The van der Waals surface area contributed by atoms with Gasteiger partial charge in [0.25, 0.3) is 0 Å². The lowest BCUT2D eigenvalue weighted by Crippen LogP contribution is -2.05. The molecular formula is C26H22O4S. The standard InChI is InChI=1S/C26H22O4S/c27-21-13-5-1-9-17(21)25(18-10-2-6-14-22(18)28)31-26(19-11-3-7-15-23(19)29)20-12-4-8-16-24(20)30/h1-16,25-30H. The number of hydrogen-bond acceptors (Lipinski definition) is 5. The summed E-state index contributed by atoms with van der Waals surface area (Å²) in [6, 6.07) is 28.0. The van der Waals surface area contributed by atoms with E-state index in [9.17, 15) is 20.4 Å². The van der Waals surface area contributed by atoms with Crippen LogP contribution in [-0.2, 0) is 0 Å². The van der Waals surface area contributed by atoms with Crippen molar-refractivity contribution in [2.24, 2.45) is 0 Å². The molecule has 4 rings (SSSR count). The first-order chi connectivity index (χ1) is 15.1. The molecule has 0 saturated carbocycles. The van der Waals surface area contributed by atoms with E-state index in [0.717, 1.165) is 0 Å². The van der Waals surface area contributed by atoms with Crippen LogP contribution in [0.1, 0.15) is 32.8 Å². The molecule has 0 bridgehead atoms. The van der Waals surface area contributed by atoms with Crippen LogP contribution in [-0.4, -0.2) is 20.4 Å². The van der Waals surface area contributed by atoms with E-state index in [2.05, 4.69) is 0 Å². The monoisotopic (exact) mass is 430 g/mol. The molecule has 0 aliphatic carbocycles. The Balaban J connectivity index is 1.89. The van der Waals surface area contributed by atoms with Crippen LogP contribution in [0.5, 0.6) is 23.0 Å². The fraction of sp³-hybridized carbons (Fsp3) is 0.0769. The van der Waals surface area contributed by atoms with Crippen LogP contribution in [0.25, 0.3) is 0 Å². The molecule has 4 nitrogen and oxygen atoms in total. The molecule has 0 aliphatic heterocycles. The molecule has 0 unspecified atom stereocenters. The van der Waals surface area contributed by atoms with Crippen LogP contribution in [0.4, 0.5) is 0 Å². The molecular weight excluding hydrogens is 408 g/mol. The summed E-state index contributed by atoms with van der Waals surface area (Å²) in [5.41, 5.74) is 2.52. The molecule has 0 atom stereocenters. The van der Waals surface area contributed by atoms with Crippen molar-refractivity contribution in [2.45, 2.75) is 10.5 Å². The Kier molecular flexibility index (Phi) is 6.05. The van der Waals surface area contributed by atoms with Crippen LogP contribution in [0.3, 0.4) is 0 Å². The summed E-state index contributed by atoms with van der Waals surface area (Å²) in [5, 5.41) is 41.5. The maximum absolute atomic E-state index is 10.6. The largest absolute Gasteiger partial charge is 0.508 e. The predicted molar refractivity (Wildman–Crippen MR) is 124 cm³/mol. The Hall–Kier alpha value is -3.57. The molecule has 5 heteroatoms. The second-order valence-electron chi connectivity index (χ2n) is 7.13. The van der Waals surface area contributed by atoms with Crippen molar-refractivity contribution in [2.75, 3.05) is 0 Å². The van der Waals surface area contributed by atoms with Gasteiger partial charge in [-0.05, 0) is 24.3 Å². The van der Waals surface area contributed by atoms with Gasteiger partial charge in [0, 0.05) is 22.3 Å². The van der Waals surface area contributed by atoms with Crippen LogP contribution in [0.15, 0.2) is 97.1 Å². The maximum Gasteiger partial charge on any atom is 0.120 e. The molecule has 0 aliphatic rings. The zero-order valence-corrected chi connectivity index (χ0v) is 17.4. The molecule has 0 radical (unpaired) electrons. The average molecular weight is 431 g/mol. The van der Waals surface area contributed by atoms with E-state index < -0.39 is 10.5 Å². The summed E-state index contributed by atoms with van der Waals surface area (Å²) < 4.78 is 0. The highest BCUT2D eigenvalue weighted by atomic mass is 32.2. The second kappa shape index (κ2) is 9.06. The lowest BCUT2D eigenvalue weighted by Gasteiger charge is -2.27. The van der Waals surface area contributed by atoms with Crippen LogP contribution >= 0.6 is 11.8 Å². The minimum Gasteiger partial charge on any atom is -0.508 e. The van der Waals surface area contributed by atoms with E-state index in [1.54, 1.807) is 48.5 Å². The normalized spacial score (nSPS) is 11.2. The van der Waals surface area contributed by atoms with Gasteiger partial charge in [-0.15, -0.1) is 11.8 Å². The Morgan fingerprint density at radius 3 is 0.839 bits per heavy atom. The van der Waals surface area contributed by atoms with Crippen LogP contribution < -0.4 is 0 Å². The van der Waals surface area contributed by atoms with Crippen molar-refractivity contribution in [3.05, 3.63) is 119 Å². The summed E-state index contributed by atoms with van der Waals surface area (Å²) in [7, 11) is 0. The van der Waals surface area contributed by atoms with Gasteiger partial charge in [-0.25, -0.2) is 0 Å². The zero-order chi connectivity index (χ0) is 21.8. The van der Waals surface area contributed by atoms with Crippen LogP contribution in [0, 0.1) is 0 Å². The molecule has 0 saturated heterocycles. The smallest absolute Gasteiger partial charge is 0.120 e. The number of para-hydroxylation sites is 4. The molecule has 0 amide bonds. The lowest BCUT2D eigenvalue weighted by atomic mass is 10.0. The van der Waals surface area contributed by atoms with E-state index in [-0.39, 0.29) is 23.0 Å². The number of thioether (sulfide) groups is 1. The first-order valence-electron chi connectivity index (χ1n) is 9.83. The highest BCUT2D eigenvalue weighted by Crippen LogP contribution is 2.53. The third-order valence-corrected chi connectivity index (χ3v) is 6.71. The van der Waals surface area contributed by atoms with Gasteiger partial charge in [-0.1, -0.05) is 72.8 Å². The Morgan fingerprint density at radius 2 is 0.613 bits per heavy atom. The van der Waals surface area contributed by atoms with E-state index in [1.807, 2.05) is 48.5 Å². The van der Waals surface area contributed by atoms with Gasteiger partial charge in [0.1, 0.15) is 23.0 Å². The van der Waals surface area contributed by atoms with E-state index in [4.69, 9.17) is 0 Å². The number of aromatic hydroxyl groups is 4. The number of phenolic OH excluding ortho intramolecular Hbond substituents is 4. The van der Waals surface area contributed by atoms with E-state index >= 15 is 0 Å². The second-order valence-corrected chi connectivity index (χ2v) is 8.35. The number of hydrogen-bond donors (Lipinski definition) is 4. The fourth-order valence-electron chi connectivity index (χ4n) is 3.60. The van der Waals surface area contributed by atoms with Crippen LogP contribution in [0.2, 0.25) is 0 Å². The van der Waals surface area contributed by atoms with Gasteiger partial charge in [0.05, 0.1) is 10.5 Å². The molecule has 0 aromatic heterocycles. The highest BCUT2D eigenvalue weighted by Gasteiger charge is 2.29. The zero-order valence-electron chi connectivity index (χ0n) is 16.6. The third kappa shape index (κ3) is 4.32. The molecule has 4 aromatic rings. The van der Waals surface area contributed by atoms with Gasteiger partial charge >= 0.3 is 0 Å². The van der Waals surface area contributed by atoms with Crippen molar-refractivity contribution in [1.82, 2.24) is 0 Å². The molecule has 31 heavy (non-hydrogen) atoms. The van der Waals surface area contributed by atoms with Crippen molar-refractivity contribution in [3.8, 4) is 23.0 Å². The van der Waals surface area contributed by atoms with Gasteiger partial charge < -0.3 is 20.4 Å². The summed E-state index contributed by atoms with van der Waals surface area (Å²) in [5.74, 6) is 0.432. The van der Waals surface area contributed by atoms with Crippen molar-refractivity contribution < 1.29 is 20.4 Å². The minimum absolute atomic E-state index is 0.108. The first-order valence-corrected chi connectivity index (χ1v) is 10.8. The van der Waals surface area contributed by atoms with Crippen molar-refractivity contribution in [1.29, 1.82) is 0 Å². The summed E-state index contributed by atoms with van der Waals surface area (Å²) in [6.07, 6.45) is 0. The van der Waals surface area contributed by atoms with E-state index in [0.29, 0.717) is 22.3 Å². The van der Waals surface area contributed by atoms with E-state index in [1.165, 1.54) is 11.8 Å². The van der Waals surface area contributed by atoms with Crippen molar-refractivity contribution >= 4 is 11.8 Å². The maximum atomic E-state index is 10.6. The minimum atomic E-state index is -0.466. The topological polar surface area (TPSA) is 80.9 Å². The average Bonchev–Trinajstić information content (AvgIpc) is 2.78. The first kappa shape index (κ1) is 20.7. The molecule has 0 heterocycles.